The van der Waals surface area contributed by atoms with Crippen LogP contribution in [-0.2, 0) is 6.42 Å². The lowest BCUT2D eigenvalue weighted by molar-refractivity contribution is 0.101. The first-order valence-corrected chi connectivity index (χ1v) is 5.11. The molecule has 2 heteroatoms. The van der Waals surface area contributed by atoms with Crippen molar-refractivity contribution < 1.29 is 4.79 Å². The zero-order valence-electron chi connectivity index (χ0n) is 8.71. The molecule has 1 aromatic rings. The number of anilines is 1. The number of hydrogen-bond donors (Lipinski definition) is 0. The smallest absolute Gasteiger partial charge is 0.161 e. The fraction of sp³-hybridized carbons (Fsp3) is 0.417. The fourth-order valence-electron chi connectivity index (χ4n) is 2.13. The number of para-hydroxylation sites is 1. The van der Waals surface area contributed by atoms with Crippen molar-refractivity contribution in [1.82, 2.24) is 0 Å². The van der Waals surface area contributed by atoms with Gasteiger partial charge in [-0.2, -0.15) is 0 Å². The molecule has 0 unspecified atom stereocenters. The van der Waals surface area contributed by atoms with Crippen LogP contribution in [0.5, 0.6) is 0 Å². The highest BCUT2D eigenvalue weighted by Crippen LogP contribution is 2.31. The Morgan fingerprint density at radius 2 is 2.29 bits per heavy atom. The minimum absolute atomic E-state index is 0.169. The number of likely N-dealkylation sites (N-methyl/N-ethyl adjacent to an activating group) is 1. The van der Waals surface area contributed by atoms with Crippen molar-refractivity contribution >= 4 is 11.5 Å². The van der Waals surface area contributed by atoms with Crippen LogP contribution in [-0.4, -0.2) is 18.9 Å². The molecule has 0 fully saturated rings. The van der Waals surface area contributed by atoms with Crippen LogP contribution < -0.4 is 4.90 Å². The van der Waals surface area contributed by atoms with Crippen molar-refractivity contribution in [2.24, 2.45) is 0 Å². The average molecular weight is 189 g/mol. The summed E-state index contributed by atoms with van der Waals surface area (Å²) < 4.78 is 0. The summed E-state index contributed by atoms with van der Waals surface area (Å²) in [6.45, 7) is 5.81. The molecule has 1 heterocycles. The van der Waals surface area contributed by atoms with Gasteiger partial charge < -0.3 is 4.90 Å². The summed E-state index contributed by atoms with van der Waals surface area (Å²) in [7, 11) is 0. The van der Waals surface area contributed by atoms with E-state index in [1.54, 1.807) is 6.92 Å². The highest BCUT2D eigenvalue weighted by Gasteiger charge is 2.22. The van der Waals surface area contributed by atoms with E-state index in [0.29, 0.717) is 0 Å². The molecule has 0 amide bonds. The number of rotatable bonds is 2. The van der Waals surface area contributed by atoms with E-state index in [1.165, 1.54) is 11.3 Å². The topological polar surface area (TPSA) is 20.3 Å². The molecule has 14 heavy (non-hydrogen) atoms. The molecular weight excluding hydrogens is 174 g/mol. The fourth-order valence-corrected chi connectivity index (χ4v) is 2.13. The first-order chi connectivity index (χ1) is 6.74. The van der Waals surface area contributed by atoms with Crippen LogP contribution in [0.3, 0.4) is 0 Å². The summed E-state index contributed by atoms with van der Waals surface area (Å²) in [6.07, 6.45) is 1.07. The SMILES string of the molecule is CCN1CCc2cccc(C(C)=O)c21. The molecule has 1 aliphatic heterocycles. The van der Waals surface area contributed by atoms with Crippen molar-refractivity contribution in [1.29, 1.82) is 0 Å². The van der Waals surface area contributed by atoms with Gasteiger partial charge in [0, 0.05) is 18.7 Å². The summed E-state index contributed by atoms with van der Waals surface area (Å²) in [6, 6.07) is 6.03. The van der Waals surface area contributed by atoms with Crippen molar-refractivity contribution in [3.05, 3.63) is 29.3 Å². The molecule has 0 saturated carbocycles. The zero-order valence-corrected chi connectivity index (χ0v) is 8.71. The molecule has 2 rings (SSSR count). The largest absolute Gasteiger partial charge is 0.371 e. The highest BCUT2D eigenvalue weighted by atomic mass is 16.1. The Labute approximate surface area is 84.5 Å². The summed E-state index contributed by atoms with van der Waals surface area (Å²) in [5, 5.41) is 0. The molecular formula is C12H15NO. The molecule has 0 bridgehead atoms. The molecule has 0 radical (unpaired) electrons. The van der Waals surface area contributed by atoms with Crippen LogP contribution in [0.4, 0.5) is 5.69 Å². The van der Waals surface area contributed by atoms with Gasteiger partial charge in [0.15, 0.2) is 5.78 Å². The van der Waals surface area contributed by atoms with Crippen LogP contribution >= 0.6 is 0 Å². The highest BCUT2D eigenvalue weighted by molar-refractivity contribution is 6.00. The van der Waals surface area contributed by atoms with Gasteiger partial charge in [0.2, 0.25) is 0 Å². The Bertz CT molecular complexity index is 371. The Balaban J connectivity index is 2.54. The van der Waals surface area contributed by atoms with E-state index in [9.17, 15) is 4.79 Å². The normalized spacial score (nSPS) is 14.3. The quantitative estimate of drug-likeness (QED) is 0.665. The maximum atomic E-state index is 11.4. The lowest BCUT2D eigenvalue weighted by atomic mass is 10.0. The first-order valence-electron chi connectivity index (χ1n) is 5.11. The average Bonchev–Trinajstić information content (AvgIpc) is 2.59. The lowest BCUT2D eigenvalue weighted by Crippen LogP contribution is -2.21. The number of hydrogen-bond acceptors (Lipinski definition) is 2. The minimum Gasteiger partial charge on any atom is -0.371 e. The van der Waals surface area contributed by atoms with E-state index in [2.05, 4.69) is 17.9 Å². The van der Waals surface area contributed by atoms with Gasteiger partial charge in [-0.25, -0.2) is 0 Å². The maximum Gasteiger partial charge on any atom is 0.161 e. The van der Waals surface area contributed by atoms with Gasteiger partial charge >= 0.3 is 0 Å². The molecule has 2 nitrogen and oxygen atoms in total. The van der Waals surface area contributed by atoms with Crippen molar-refractivity contribution in [3.8, 4) is 0 Å². The summed E-state index contributed by atoms with van der Waals surface area (Å²) >= 11 is 0. The van der Waals surface area contributed by atoms with Crippen molar-refractivity contribution in [2.75, 3.05) is 18.0 Å². The Kier molecular flexibility index (Phi) is 2.28. The lowest BCUT2D eigenvalue weighted by Gasteiger charge is -2.18. The Hall–Kier alpha value is -1.31. The number of carbonyl (C=O) groups excluding carboxylic acids is 1. The van der Waals surface area contributed by atoms with Crippen molar-refractivity contribution in [2.45, 2.75) is 20.3 Å². The third kappa shape index (κ3) is 1.31. The van der Waals surface area contributed by atoms with Crippen LogP contribution in [0, 0.1) is 0 Å². The Morgan fingerprint density at radius 3 is 2.93 bits per heavy atom. The summed E-state index contributed by atoms with van der Waals surface area (Å²) in [5.41, 5.74) is 3.36. The maximum absolute atomic E-state index is 11.4. The van der Waals surface area contributed by atoms with Gasteiger partial charge in [0.1, 0.15) is 0 Å². The molecule has 1 aromatic carbocycles. The molecule has 0 spiro atoms. The van der Waals surface area contributed by atoms with E-state index in [1.807, 2.05) is 12.1 Å². The van der Waals surface area contributed by atoms with Crippen LogP contribution in [0.15, 0.2) is 18.2 Å². The number of fused-ring (bicyclic) bond motifs is 1. The number of nitrogens with zero attached hydrogens (tertiary/aromatic N) is 1. The predicted molar refractivity (Wildman–Crippen MR) is 58.0 cm³/mol. The van der Waals surface area contributed by atoms with Crippen LogP contribution in [0.25, 0.3) is 0 Å². The summed E-state index contributed by atoms with van der Waals surface area (Å²) in [5.74, 6) is 0.169. The Morgan fingerprint density at radius 1 is 1.50 bits per heavy atom. The third-order valence-electron chi connectivity index (χ3n) is 2.85. The van der Waals surface area contributed by atoms with E-state index in [-0.39, 0.29) is 5.78 Å². The van der Waals surface area contributed by atoms with E-state index < -0.39 is 0 Å². The number of ketones is 1. The second-order valence-electron chi connectivity index (χ2n) is 3.70. The van der Waals surface area contributed by atoms with Gasteiger partial charge in [0.05, 0.1) is 5.69 Å². The molecule has 0 aromatic heterocycles. The number of Topliss-reactive ketones (excluding diaryl/α,β-unsaturated/α-hetero) is 1. The standard InChI is InChI=1S/C12H15NO/c1-3-13-8-7-10-5-4-6-11(9(2)14)12(10)13/h4-6H,3,7-8H2,1-2H3. The number of benzene rings is 1. The minimum atomic E-state index is 0.169. The van der Waals surface area contributed by atoms with E-state index in [0.717, 1.165) is 25.1 Å². The van der Waals surface area contributed by atoms with Crippen LogP contribution in [0.2, 0.25) is 0 Å². The van der Waals surface area contributed by atoms with Crippen LogP contribution in [0.1, 0.15) is 29.8 Å². The van der Waals surface area contributed by atoms with Gasteiger partial charge in [-0.05, 0) is 31.9 Å². The van der Waals surface area contributed by atoms with Gasteiger partial charge in [-0.15, -0.1) is 0 Å². The van der Waals surface area contributed by atoms with Gasteiger partial charge in [0.25, 0.3) is 0 Å². The molecule has 0 N–H and O–H groups in total. The van der Waals surface area contributed by atoms with Gasteiger partial charge in [-0.3, -0.25) is 4.79 Å². The van der Waals surface area contributed by atoms with Crippen molar-refractivity contribution in [3.63, 3.8) is 0 Å². The summed E-state index contributed by atoms with van der Waals surface area (Å²) in [4.78, 5) is 13.7. The van der Waals surface area contributed by atoms with E-state index in [4.69, 9.17) is 0 Å². The molecule has 0 atom stereocenters. The predicted octanol–water partition coefficient (Wildman–Crippen LogP) is 2.27. The second kappa shape index (κ2) is 3.45. The number of carbonyl (C=O) groups is 1. The first kappa shape index (κ1) is 9.25. The second-order valence-corrected chi connectivity index (χ2v) is 3.70. The molecule has 1 aliphatic rings. The third-order valence-corrected chi connectivity index (χ3v) is 2.85. The monoisotopic (exact) mass is 189 g/mol. The van der Waals surface area contributed by atoms with Gasteiger partial charge in [-0.1, -0.05) is 12.1 Å². The molecule has 0 aliphatic carbocycles. The molecule has 0 saturated heterocycles. The molecule has 74 valence electrons. The zero-order chi connectivity index (χ0) is 10.1. The van der Waals surface area contributed by atoms with E-state index >= 15 is 0 Å².